The molecule has 3 rings (SSSR count). The van der Waals surface area contributed by atoms with Gasteiger partial charge in [0, 0.05) is 37.9 Å². The maximum Gasteiger partial charge on any atom is 0.237 e. The standard InChI is InChI=1S/C20H23N5O/c1-3-10-22-20(26)16(2)24-12-14-25(15-13-24)18-9-11-21-19(23-18)17-7-5-4-6-8-17/h1,4-9,11,16H,10,12-15H2,2H3,(H,22,26)/t16-/m1/s1. The van der Waals surface area contributed by atoms with Gasteiger partial charge in [-0.25, -0.2) is 9.97 Å². The summed E-state index contributed by atoms with van der Waals surface area (Å²) in [6, 6.07) is 11.7. The minimum Gasteiger partial charge on any atom is -0.354 e. The van der Waals surface area contributed by atoms with Crippen LogP contribution in [0.3, 0.4) is 0 Å². The van der Waals surface area contributed by atoms with Gasteiger partial charge in [-0.15, -0.1) is 6.42 Å². The van der Waals surface area contributed by atoms with E-state index in [9.17, 15) is 4.79 Å². The highest BCUT2D eigenvalue weighted by molar-refractivity contribution is 5.81. The van der Waals surface area contributed by atoms with Gasteiger partial charge in [0.1, 0.15) is 5.82 Å². The lowest BCUT2D eigenvalue weighted by molar-refractivity contribution is -0.125. The number of anilines is 1. The molecule has 1 aliphatic heterocycles. The zero-order valence-corrected chi connectivity index (χ0v) is 14.9. The molecule has 1 aromatic heterocycles. The number of nitrogens with one attached hydrogen (secondary N) is 1. The molecule has 1 atom stereocenters. The zero-order valence-electron chi connectivity index (χ0n) is 14.9. The SMILES string of the molecule is C#CCNC(=O)[C@@H](C)N1CCN(c2ccnc(-c3ccccc3)n2)CC1. The average molecular weight is 349 g/mol. The van der Waals surface area contributed by atoms with E-state index in [-0.39, 0.29) is 18.5 Å². The highest BCUT2D eigenvalue weighted by Crippen LogP contribution is 2.19. The number of hydrogen-bond donors (Lipinski definition) is 1. The third-order valence-electron chi connectivity index (χ3n) is 4.60. The van der Waals surface area contributed by atoms with E-state index in [1.807, 2.05) is 43.3 Å². The molecule has 1 fully saturated rings. The Labute approximate surface area is 154 Å². The van der Waals surface area contributed by atoms with Crippen LogP contribution in [-0.4, -0.2) is 59.5 Å². The Morgan fingerprint density at radius 1 is 1.23 bits per heavy atom. The number of rotatable bonds is 5. The molecule has 2 heterocycles. The van der Waals surface area contributed by atoms with Crippen molar-refractivity contribution in [2.24, 2.45) is 0 Å². The first-order valence-corrected chi connectivity index (χ1v) is 8.77. The number of carbonyl (C=O) groups is 1. The van der Waals surface area contributed by atoms with Crippen molar-refractivity contribution in [3.8, 4) is 23.7 Å². The number of aromatic nitrogens is 2. The molecule has 0 spiro atoms. The second kappa shape index (κ2) is 8.45. The number of nitrogens with zero attached hydrogens (tertiary/aromatic N) is 4. The van der Waals surface area contributed by atoms with Crippen molar-refractivity contribution in [1.82, 2.24) is 20.2 Å². The van der Waals surface area contributed by atoms with Gasteiger partial charge in [0.2, 0.25) is 5.91 Å². The lowest BCUT2D eigenvalue weighted by Crippen LogP contribution is -2.54. The molecule has 0 aliphatic carbocycles. The van der Waals surface area contributed by atoms with Crippen LogP contribution >= 0.6 is 0 Å². The summed E-state index contributed by atoms with van der Waals surface area (Å²) in [6.45, 7) is 5.42. The van der Waals surface area contributed by atoms with E-state index < -0.39 is 0 Å². The van der Waals surface area contributed by atoms with Crippen molar-refractivity contribution in [2.75, 3.05) is 37.6 Å². The molecule has 1 aliphatic rings. The third-order valence-corrected chi connectivity index (χ3v) is 4.60. The van der Waals surface area contributed by atoms with Gasteiger partial charge in [-0.05, 0) is 13.0 Å². The van der Waals surface area contributed by atoms with E-state index in [0.29, 0.717) is 0 Å². The van der Waals surface area contributed by atoms with E-state index in [1.165, 1.54) is 0 Å². The van der Waals surface area contributed by atoms with Crippen LogP contribution in [0.4, 0.5) is 5.82 Å². The fraction of sp³-hybridized carbons (Fsp3) is 0.350. The smallest absolute Gasteiger partial charge is 0.237 e. The third kappa shape index (κ3) is 4.19. The molecule has 6 heteroatoms. The van der Waals surface area contributed by atoms with E-state index in [1.54, 1.807) is 6.20 Å². The maximum atomic E-state index is 12.1. The minimum atomic E-state index is -0.184. The molecule has 134 valence electrons. The summed E-state index contributed by atoms with van der Waals surface area (Å²) in [4.78, 5) is 25.6. The van der Waals surface area contributed by atoms with E-state index in [2.05, 4.69) is 26.0 Å². The highest BCUT2D eigenvalue weighted by atomic mass is 16.2. The Hall–Kier alpha value is -2.91. The molecular formula is C20H23N5O. The lowest BCUT2D eigenvalue weighted by atomic mass is 10.2. The lowest BCUT2D eigenvalue weighted by Gasteiger charge is -2.37. The number of piperazine rings is 1. The Kier molecular flexibility index (Phi) is 5.82. The summed E-state index contributed by atoms with van der Waals surface area (Å²) in [5.74, 6) is 4.06. The van der Waals surface area contributed by atoms with Crippen molar-refractivity contribution in [3.05, 3.63) is 42.6 Å². The molecule has 26 heavy (non-hydrogen) atoms. The van der Waals surface area contributed by atoms with E-state index in [0.717, 1.165) is 43.4 Å². The van der Waals surface area contributed by atoms with Gasteiger partial charge in [0.05, 0.1) is 12.6 Å². The quantitative estimate of drug-likeness (QED) is 0.827. The molecule has 6 nitrogen and oxygen atoms in total. The van der Waals surface area contributed by atoms with Crippen LogP contribution in [0.1, 0.15) is 6.92 Å². The Morgan fingerprint density at radius 3 is 2.65 bits per heavy atom. The molecule has 0 bridgehead atoms. The van der Waals surface area contributed by atoms with Gasteiger partial charge in [0.25, 0.3) is 0 Å². The summed E-state index contributed by atoms with van der Waals surface area (Å²) < 4.78 is 0. The molecule has 1 N–H and O–H groups in total. The van der Waals surface area contributed by atoms with Gasteiger partial charge < -0.3 is 10.2 Å². The average Bonchev–Trinajstić information content (AvgIpc) is 2.72. The summed E-state index contributed by atoms with van der Waals surface area (Å²) >= 11 is 0. The summed E-state index contributed by atoms with van der Waals surface area (Å²) in [5, 5.41) is 2.75. The predicted molar refractivity (Wildman–Crippen MR) is 103 cm³/mol. The first-order valence-electron chi connectivity index (χ1n) is 8.77. The molecular weight excluding hydrogens is 326 g/mol. The largest absolute Gasteiger partial charge is 0.354 e. The van der Waals surface area contributed by atoms with Gasteiger partial charge in [-0.2, -0.15) is 0 Å². The van der Waals surface area contributed by atoms with Crippen LogP contribution < -0.4 is 10.2 Å². The Balaban J connectivity index is 1.62. The Bertz CT molecular complexity index is 778. The van der Waals surface area contributed by atoms with Crippen molar-refractivity contribution in [2.45, 2.75) is 13.0 Å². The molecule has 1 aromatic carbocycles. The first-order chi connectivity index (χ1) is 12.7. The first kappa shape index (κ1) is 17.9. The van der Waals surface area contributed by atoms with Gasteiger partial charge >= 0.3 is 0 Å². The van der Waals surface area contributed by atoms with Crippen molar-refractivity contribution in [1.29, 1.82) is 0 Å². The molecule has 0 saturated carbocycles. The fourth-order valence-corrected chi connectivity index (χ4v) is 3.04. The Morgan fingerprint density at radius 2 is 1.96 bits per heavy atom. The number of hydrogen-bond acceptors (Lipinski definition) is 5. The van der Waals surface area contributed by atoms with Crippen LogP contribution in [0.5, 0.6) is 0 Å². The van der Waals surface area contributed by atoms with Gasteiger partial charge in [0.15, 0.2) is 5.82 Å². The van der Waals surface area contributed by atoms with Gasteiger partial charge in [-0.3, -0.25) is 9.69 Å². The van der Waals surface area contributed by atoms with E-state index in [4.69, 9.17) is 11.4 Å². The highest BCUT2D eigenvalue weighted by Gasteiger charge is 2.25. The fourth-order valence-electron chi connectivity index (χ4n) is 3.04. The predicted octanol–water partition coefficient (Wildman–Crippen LogP) is 1.40. The summed E-state index contributed by atoms with van der Waals surface area (Å²) in [5.41, 5.74) is 1.01. The van der Waals surface area contributed by atoms with Crippen LogP contribution in [-0.2, 0) is 4.79 Å². The molecule has 2 aromatic rings. The van der Waals surface area contributed by atoms with Crippen LogP contribution in [0, 0.1) is 12.3 Å². The van der Waals surface area contributed by atoms with Crippen LogP contribution in [0.15, 0.2) is 42.6 Å². The monoisotopic (exact) mass is 349 g/mol. The second-order valence-corrected chi connectivity index (χ2v) is 6.23. The maximum absolute atomic E-state index is 12.1. The minimum absolute atomic E-state index is 0.0233. The van der Waals surface area contributed by atoms with E-state index >= 15 is 0 Å². The number of terminal acetylenes is 1. The zero-order chi connectivity index (χ0) is 18.4. The number of benzene rings is 1. The van der Waals surface area contributed by atoms with Crippen LogP contribution in [0.25, 0.3) is 11.4 Å². The van der Waals surface area contributed by atoms with Crippen LogP contribution in [0.2, 0.25) is 0 Å². The molecule has 1 amide bonds. The molecule has 1 saturated heterocycles. The van der Waals surface area contributed by atoms with Crippen molar-refractivity contribution in [3.63, 3.8) is 0 Å². The topological polar surface area (TPSA) is 61.4 Å². The van der Waals surface area contributed by atoms with Gasteiger partial charge in [-0.1, -0.05) is 36.3 Å². The van der Waals surface area contributed by atoms with Crippen molar-refractivity contribution >= 4 is 11.7 Å². The summed E-state index contributed by atoms with van der Waals surface area (Å²) in [6.07, 6.45) is 6.99. The molecule has 0 unspecified atom stereocenters. The number of carbonyl (C=O) groups excluding carboxylic acids is 1. The second-order valence-electron chi connectivity index (χ2n) is 6.23. The number of amides is 1. The van der Waals surface area contributed by atoms with Crippen molar-refractivity contribution < 1.29 is 4.79 Å². The molecule has 0 radical (unpaired) electrons. The normalized spacial score (nSPS) is 15.9. The summed E-state index contributed by atoms with van der Waals surface area (Å²) in [7, 11) is 0.